The molecule has 6 nitrogen and oxygen atoms in total. The van der Waals surface area contributed by atoms with Gasteiger partial charge in [-0.3, -0.25) is 0 Å². The van der Waals surface area contributed by atoms with Crippen LogP contribution in [-0.4, -0.2) is 34.4 Å². The second-order valence-electron chi connectivity index (χ2n) is 5.55. The lowest BCUT2D eigenvalue weighted by atomic mass is 9.93. The maximum Gasteiger partial charge on any atom is 0.335 e. The number of aromatic carboxylic acids is 1. The van der Waals surface area contributed by atoms with Gasteiger partial charge in [-0.2, -0.15) is 0 Å². The number of nitrogens with one attached hydrogen (secondary N) is 2. The summed E-state index contributed by atoms with van der Waals surface area (Å²) >= 11 is 0. The minimum absolute atomic E-state index is 0.0290. The van der Waals surface area contributed by atoms with E-state index < -0.39 is 11.6 Å². The molecule has 0 aliphatic rings. The van der Waals surface area contributed by atoms with Gasteiger partial charge in [0, 0.05) is 13.1 Å². The summed E-state index contributed by atoms with van der Waals surface area (Å²) in [6, 6.07) is 5.89. The predicted molar refractivity (Wildman–Crippen MR) is 79.1 cm³/mol. The Balaban J connectivity index is 2.41. The fraction of sp³-hybridized carbons (Fsp3) is 0.467. The van der Waals surface area contributed by atoms with E-state index in [1.807, 2.05) is 13.8 Å². The van der Waals surface area contributed by atoms with Gasteiger partial charge in [0.2, 0.25) is 0 Å². The zero-order valence-corrected chi connectivity index (χ0v) is 12.5. The van der Waals surface area contributed by atoms with Gasteiger partial charge in [0.1, 0.15) is 0 Å². The Bertz CT molecular complexity index is 495. The second-order valence-corrected chi connectivity index (χ2v) is 5.55. The predicted octanol–water partition coefficient (Wildman–Crippen LogP) is 1.59. The van der Waals surface area contributed by atoms with E-state index in [1.165, 1.54) is 12.1 Å². The van der Waals surface area contributed by atoms with Crippen LogP contribution in [0.3, 0.4) is 0 Å². The number of rotatable bonds is 6. The Kier molecular flexibility index (Phi) is 5.72. The average molecular weight is 294 g/mol. The van der Waals surface area contributed by atoms with Crippen molar-refractivity contribution in [2.75, 3.05) is 6.54 Å². The topological polar surface area (TPSA) is 98.7 Å². The van der Waals surface area contributed by atoms with Crippen molar-refractivity contribution in [2.45, 2.75) is 32.9 Å². The summed E-state index contributed by atoms with van der Waals surface area (Å²) in [5.74, 6) is -0.954. The number of hydrogen-bond donors (Lipinski definition) is 4. The molecule has 0 saturated carbocycles. The molecule has 6 heteroatoms. The van der Waals surface area contributed by atoms with Crippen molar-refractivity contribution in [1.82, 2.24) is 10.6 Å². The second kappa shape index (κ2) is 7.08. The van der Waals surface area contributed by atoms with Crippen LogP contribution < -0.4 is 10.6 Å². The van der Waals surface area contributed by atoms with E-state index in [0.717, 1.165) is 5.56 Å². The number of carboxylic acid groups (broad SMARTS) is 1. The molecule has 0 heterocycles. The van der Waals surface area contributed by atoms with Crippen LogP contribution in [-0.2, 0) is 6.54 Å². The lowest BCUT2D eigenvalue weighted by molar-refractivity contribution is 0.0166. The first-order valence-corrected chi connectivity index (χ1v) is 6.78. The van der Waals surface area contributed by atoms with E-state index in [2.05, 4.69) is 10.6 Å². The smallest absolute Gasteiger partial charge is 0.335 e. The zero-order valence-electron chi connectivity index (χ0n) is 12.5. The molecule has 21 heavy (non-hydrogen) atoms. The molecule has 0 spiro atoms. The zero-order chi connectivity index (χ0) is 16.0. The molecule has 1 aromatic carbocycles. The van der Waals surface area contributed by atoms with E-state index >= 15 is 0 Å². The lowest BCUT2D eigenvalue weighted by Crippen LogP contribution is -2.47. The van der Waals surface area contributed by atoms with Crippen molar-refractivity contribution in [1.29, 1.82) is 0 Å². The summed E-state index contributed by atoms with van der Waals surface area (Å²) < 4.78 is 0. The van der Waals surface area contributed by atoms with Gasteiger partial charge >= 0.3 is 12.0 Å². The summed E-state index contributed by atoms with van der Waals surface area (Å²) in [6.45, 7) is 5.87. The summed E-state index contributed by atoms with van der Waals surface area (Å²) in [5, 5.41) is 24.1. The molecule has 0 radical (unpaired) electrons. The van der Waals surface area contributed by atoms with Gasteiger partial charge in [-0.25, -0.2) is 9.59 Å². The van der Waals surface area contributed by atoms with Gasteiger partial charge in [0.05, 0.1) is 11.2 Å². The van der Waals surface area contributed by atoms with Crippen LogP contribution in [0.1, 0.15) is 36.7 Å². The van der Waals surface area contributed by atoms with Gasteiger partial charge in [-0.15, -0.1) is 0 Å². The maximum atomic E-state index is 11.6. The van der Waals surface area contributed by atoms with Gasteiger partial charge in [-0.1, -0.05) is 26.0 Å². The van der Waals surface area contributed by atoms with Gasteiger partial charge in [0.15, 0.2) is 0 Å². The Morgan fingerprint density at radius 3 is 2.24 bits per heavy atom. The molecular weight excluding hydrogens is 272 g/mol. The Morgan fingerprint density at radius 2 is 1.76 bits per heavy atom. The molecule has 1 atom stereocenters. The number of amides is 2. The minimum atomic E-state index is -0.983. The fourth-order valence-corrected chi connectivity index (χ4v) is 1.47. The summed E-state index contributed by atoms with van der Waals surface area (Å²) in [4.78, 5) is 22.3. The van der Waals surface area contributed by atoms with Crippen molar-refractivity contribution in [3.63, 3.8) is 0 Å². The van der Waals surface area contributed by atoms with E-state index in [4.69, 9.17) is 5.11 Å². The fourth-order valence-electron chi connectivity index (χ4n) is 1.47. The number of aliphatic hydroxyl groups is 1. The third kappa shape index (κ3) is 5.43. The molecule has 1 unspecified atom stereocenters. The van der Waals surface area contributed by atoms with Crippen LogP contribution in [0.25, 0.3) is 0 Å². The summed E-state index contributed by atoms with van der Waals surface area (Å²) in [7, 11) is 0. The Morgan fingerprint density at radius 1 is 1.19 bits per heavy atom. The van der Waals surface area contributed by atoms with E-state index in [0.29, 0.717) is 0 Å². The number of carbonyl (C=O) groups excluding carboxylic acids is 1. The normalized spacial score (nSPS) is 13.6. The van der Waals surface area contributed by atoms with Crippen molar-refractivity contribution in [2.24, 2.45) is 5.92 Å². The Labute approximate surface area is 124 Å². The average Bonchev–Trinajstić information content (AvgIpc) is 2.43. The molecule has 0 aliphatic carbocycles. The molecule has 116 valence electrons. The molecular formula is C15H22N2O4. The molecule has 1 rings (SSSR count). The lowest BCUT2D eigenvalue weighted by Gasteiger charge is -2.27. The standard InChI is InChI=1S/C15H22N2O4/c1-10(2)15(3,21)9-17-14(20)16-8-11-4-6-12(7-5-11)13(18)19/h4-7,10,21H,8-9H2,1-3H3,(H,18,19)(H2,16,17,20). The van der Waals surface area contributed by atoms with Crippen LogP contribution in [0.5, 0.6) is 0 Å². The van der Waals surface area contributed by atoms with E-state index in [9.17, 15) is 14.7 Å². The third-order valence-electron chi connectivity index (χ3n) is 3.50. The van der Waals surface area contributed by atoms with E-state index in [-0.39, 0.29) is 30.6 Å². The summed E-state index contributed by atoms with van der Waals surface area (Å²) in [6.07, 6.45) is 0. The number of benzene rings is 1. The SMILES string of the molecule is CC(C)C(C)(O)CNC(=O)NCc1ccc(C(=O)O)cc1. The van der Waals surface area contributed by atoms with Crippen molar-refractivity contribution in [3.8, 4) is 0 Å². The largest absolute Gasteiger partial charge is 0.478 e. The van der Waals surface area contributed by atoms with Crippen molar-refractivity contribution in [3.05, 3.63) is 35.4 Å². The first-order chi connectivity index (χ1) is 9.72. The number of carboxylic acids is 1. The molecule has 0 aromatic heterocycles. The van der Waals surface area contributed by atoms with Crippen LogP contribution in [0.2, 0.25) is 0 Å². The highest BCUT2D eigenvalue weighted by Gasteiger charge is 2.25. The molecule has 4 N–H and O–H groups in total. The van der Waals surface area contributed by atoms with Gasteiger partial charge in [-0.05, 0) is 30.5 Å². The molecule has 0 fully saturated rings. The first kappa shape index (κ1) is 17.0. The van der Waals surface area contributed by atoms with E-state index in [1.54, 1.807) is 19.1 Å². The highest BCUT2D eigenvalue weighted by Crippen LogP contribution is 2.14. The van der Waals surface area contributed by atoms with Crippen molar-refractivity contribution >= 4 is 12.0 Å². The third-order valence-corrected chi connectivity index (χ3v) is 3.50. The molecule has 2 amide bonds. The highest BCUT2D eigenvalue weighted by molar-refractivity contribution is 5.87. The van der Waals surface area contributed by atoms with Gasteiger partial charge < -0.3 is 20.8 Å². The number of urea groups is 1. The molecule has 0 saturated heterocycles. The van der Waals surface area contributed by atoms with Gasteiger partial charge in [0.25, 0.3) is 0 Å². The molecule has 0 bridgehead atoms. The molecule has 1 aromatic rings. The summed E-state index contributed by atoms with van der Waals surface area (Å²) in [5.41, 5.74) is 0.0439. The highest BCUT2D eigenvalue weighted by atomic mass is 16.4. The van der Waals surface area contributed by atoms with Crippen LogP contribution in [0, 0.1) is 5.92 Å². The van der Waals surface area contributed by atoms with Crippen molar-refractivity contribution < 1.29 is 19.8 Å². The molecule has 0 aliphatic heterocycles. The van der Waals surface area contributed by atoms with Crippen LogP contribution in [0.15, 0.2) is 24.3 Å². The Hall–Kier alpha value is -2.08. The number of carbonyl (C=O) groups is 2. The minimum Gasteiger partial charge on any atom is -0.478 e. The quantitative estimate of drug-likeness (QED) is 0.640. The maximum absolute atomic E-state index is 11.6. The van der Waals surface area contributed by atoms with Crippen LogP contribution >= 0.6 is 0 Å². The number of hydrogen-bond acceptors (Lipinski definition) is 3. The monoisotopic (exact) mass is 294 g/mol. The van der Waals surface area contributed by atoms with Crippen LogP contribution in [0.4, 0.5) is 4.79 Å². The first-order valence-electron chi connectivity index (χ1n) is 6.78.